The molecule has 0 radical (unpaired) electrons. The first kappa shape index (κ1) is 26.1. The van der Waals surface area contributed by atoms with Gasteiger partial charge in [0, 0.05) is 34.0 Å². The maximum atomic E-state index is 6.52. The van der Waals surface area contributed by atoms with Gasteiger partial charge >= 0.3 is 0 Å². The first-order chi connectivity index (χ1) is 19.4. The Morgan fingerprint density at radius 3 is 2.30 bits per heavy atom. The lowest BCUT2D eigenvalue weighted by molar-refractivity contribution is 0.482. The number of hydrogen-bond donors (Lipinski definition) is 1. The molecule has 7 heteroatoms. The minimum atomic E-state index is -0.136. The van der Waals surface area contributed by atoms with Crippen molar-refractivity contribution in [2.45, 2.75) is 32.9 Å². The standard InChI is InChI=1S/C33H29ClN4OS/c1-21-20-27(23(3)37(21)30-14-9-12-28(34)22(30)2)32-31(29-13-7-8-19-35-29)36-33(40)38(32)24-15-17-26(18-16-24)39-25-10-5-4-6-11-25/h4-20,31-32H,1-3H3,(H,36,40)/t31-,32+/m1/s1. The summed E-state index contributed by atoms with van der Waals surface area (Å²) in [5.41, 5.74) is 7.46. The molecule has 0 spiro atoms. The van der Waals surface area contributed by atoms with Crippen LogP contribution < -0.4 is 15.0 Å². The predicted octanol–water partition coefficient (Wildman–Crippen LogP) is 8.42. The number of pyridine rings is 1. The van der Waals surface area contributed by atoms with Gasteiger partial charge in [0.25, 0.3) is 0 Å². The molecule has 1 aliphatic rings. The third kappa shape index (κ3) is 4.74. The van der Waals surface area contributed by atoms with Crippen molar-refractivity contribution in [3.8, 4) is 17.2 Å². The molecule has 5 nitrogen and oxygen atoms in total. The number of nitrogens with one attached hydrogen (secondary N) is 1. The highest BCUT2D eigenvalue weighted by atomic mass is 35.5. The Bertz CT molecular complexity index is 1670. The second-order valence-corrected chi connectivity index (χ2v) is 10.7. The molecule has 200 valence electrons. The number of rotatable bonds is 6. The summed E-state index contributed by atoms with van der Waals surface area (Å²) in [6.45, 7) is 6.35. The Balaban J connectivity index is 1.44. The number of thiocarbonyl (C=S) groups is 1. The smallest absolute Gasteiger partial charge is 0.174 e. The summed E-state index contributed by atoms with van der Waals surface area (Å²) in [6.07, 6.45) is 1.83. The van der Waals surface area contributed by atoms with E-state index in [1.165, 1.54) is 5.56 Å². The number of benzene rings is 3. The molecule has 3 heterocycles. The molecule has 0 aliphatic carbocycles. The lowest BCUT2D eigenvalue weighted by atomic mass is 9.96. The van der Waals surface area contributed by atoms with Crippen LogP contribution in [0.1, 0.15) is 40.3 Å². The molecule has 0 saturated carbocycles. The topological polar surface area (TPSA) is 42.3 Å². The highest BCUT2D eigenvalue weighted by Gasteiger charge is 2.42. The summed E-state index contributed by atoms with van der Waals surface area (Å²) in [6, 6.07) is 31.9. The van der Waals surface area contributed by atoms with E-state index in [2.05, 4.69) is 59.8 Å². The van der Waals surface area contributed by atoms with Crippen molar-refractivity contribution in [3.05, 3.63) is 136 Å². The van der Waals surface area contributed by atoms with Crippen LogP contribution in [0.5, 0.6) is 11.5 Å². The van der Waals surface area contributed by atoms with Crippen LogP contribution in [0.4, 0.5) is 5.69 Å². The molecule has 1 saturated heterocycles. The Morgan fingerprint density at radius 2 is 1.57 bits per heavy atom. The van der Waals surface area contributed by atoms with Crippen molar-refractivity contribution in [2.75, 3.05) is 4.90 Å². The first-order valence-electron chi connectivity index (χ1n) is 13.2. The van der Waals surface area contributed by atoms with Crippen molar-refractivity contribution in [1.82, 2.24) is 14.9 Å². The zero-order chi connectivity index (χ0) is 27.8. The van der Waals surface area contributed by atoms with Crippen LogP contribution in [0.15, 0.2) is 103 Å². The second kappa shape index (κ2) is 10.8. The third-order valence-corrected chi connectivity index (χ3v) is 8.18. The third-order valence-electron chi connectivity index (χ3n) is 7.46. The molecule has 5 aromatic rings. The fourth-order valence-corrected chi connectivity index (χ4v) is 6.06. The molecule has 2 aromatic heterocycles. The van der Waals surface area contributed by atoms with Crippen LogP contribution in [0.3, 0.4) is 0 Å². The lowest BCUT2D eigenvalue weighted by Crippen LogP contribution is -2.29. The highest BCUT2D eigenvalue weighted by Crippen LogP contribution is 2.44. The van der Waals surface area contributed by atoms with Gasteiger partial charge < -0.3 is 19.5 Å². The number of halogens is 1. The molecular weight excluding hydrogens is 536 g/mol. The highest BCUT2D eigenvalue weighted by molar-refractivity contribution is 7.80. The van der Waals surface area contributed by atoms with Crippen LogP contribution in [0.2, 0.25) is 5.02 Å². The van der Waals surface area contributed by atoms with Gasteiger partial charge in [0.15, 0.2) is 5.11 Å². The van der Waals surface area contributed by atoms with Crippen LogP contribution in [-0.2, 0) is 0 Å². The monoisotopic (exact) mass is 564 g/mol. The lowest BCUT2D eigenvalue weighted by Gasteiger charge is -2.28. The summed E-state index contributed by atoms with van der Waals surface area (Å²) in [5, 5.41) is 4.98. The van der Waals surface area contributed by atoms with Gasteiger partial charge in [-0.1, -0.05) is 41.9 Å². The fraction of sp³-hybridized carbons (Fsp3) is 0.152. The summed E-state index contributed by atoms with van der Waals surface area (Å²) in [7, 11) is 0. The van der Waals surface area contributed by atoms with Crippen LogP contribution >= 0.6 is 23.8 Å². The Labute approximate surface area is 245 Å². The van der Waals surface area contributed by atoms with Crippen molar-refractivity contribution < 1.29 is 4.74 Å². The Morgan fingerprint density at radius 1 is 0.850 bits per heavy atom. The number of aryl methyl sites for hydroxylation is 1. The molecule has 2 atom stereocenters. The van der Waals surface area contributed by atoms with Crippen molar-refractivity contribution in [2.24, 2.45) is 0 Å². The van der Waals surface area contributed by atoms with Gasteiger partial charge in [-0.05, 0) is 111 Å². The predicted molar refractivity (Wildman–Crippen MR) is 166 cm³/mol. The van der Waals surface area contributed by atoms with E-state index in [1.807, 2.05) is 79.0 Å². The normalized spacial score (nSPS) is 16.7. The molecule has 3 aromatic carbocycles. The maximum Gasteiger partial charge on any atom is 0.174 e. The average Bonchev–Trinajstić information content (AvgIpc) is 3.46. The SMILES string of the molecule is Cc1c(Cl)cccc1-n1c(C)cc([C@H]2[C@@H](c3ccccn3)NC(=S)N2c2ccc(Oc3ccccc3)cc2)c1C. The van der Waals surface area contributed by atoms with E-state index >= 15 is 0 Å². The van der Waals surface area contributed by atoms with E-state index in [0.717, 1.165) is 50.5 Å². The molecule has 0 unspecified atom stereocenters. The molecule has 1 aliphatic heterocycles. The number of hydrogen-bond acceptors (Lipinski definition) is 3. The van der Waals surface area contributed by atoms with Gasteiger partial charge in [0.2, 0.25) is 0 Å². The molecule has 0 bridgehead atoms. The number of anilines is 1. The fourth-order valence-electron chi connectivity index (χ4n) is 5.54. The summed E-state index contributed by atoms with van der Waals surface area (Å²) in [5.74, 6) is 1.56. The first-order valence-corrected chi connectivity index (χ1v) is 14.0. The molecule has 6 rings (SSSR count). The second-order valence-electron chi connectivity index (χ2n) is 9.95. The van der Waals surface area contributed by atoms with Crippen molar-refractivity contribution >= 4 is 34.6 Å². The largest absolute Gasteiger partial charge is 0.457 e. The van der Waals surface area contributed by atoms with E-state index in [1.54, 1.807) is 0 Å². The van der Waals surface area contributed by atoms with Crippen molar-refractivity contribution in [3.63, 3.8) is 0 Å². The van der Waals surface area contributed by atoms with Gasteiger partial charge in [-0.2, -0.15) is 0 Å². The van der Waals surface area contributed by atoms with E-state index in [-0.39, 0.29) is 12.1 Å². The molecule has 40 heavy (non-hydrogen) atoms. The zero-order valence-electron chi connectivity index (χ0n) is 22.5. The average molecular weight is 565 g/mol. The van der Waals surface area contributed by atoms with Gasteiger partial charge in [-0.25, -0.2) is 0 Å². The number of nitrogens with zero attached hydrogens (tertiary/aromatic N) is 3. The molecular formula is C33H29ClN4OS. The summed E-state index contributed by atoms with van der Waals surface area (Å²) < 4.78 is 8.32. The quantitative estimate of drug-likeness (QED) is 0.210. The van der Waals surface area contributed by atoms with Crippen LogP contribution in [0, 0.1) is 20.8 Å². The molecule has 0 amide bonds. The number of aromatic nitrogens is 2. The Kier molecular flexibility index (Phi) is 7.05. The zero-order valence-corrected chi connectivity index (χ0v) is 24.1. The van der Waals surface area contributed by atoms with Crippen LogP contribution in [0.25, 0.3) is 5.69 Å². The molecule has 1 N–H and O–H groups in total. The Hall–Kier alpha value is -4.13. The van der Waals surface area contributed by atoms with E-state index < -0.39 is 0 Å². The van der Waals surface area contributed by atoms with E-state index in [0.29, 0.717) is 5.11 Å². The summed E-state index contributed by atoms with van der Waals surface area (Å²) >= 11 is 12.5. The van der Waals surface area contributed by atoms with Crippen LogP contribution in [-0.4, -0.2) is 14.7 Å². The maximum absolute atomic E-state index is 6.52. The number of ether oxygens (including phenoxy) is 1. The van der Waals surface area contributed by atoms with Gasteiger partial charge in [-0.3, -0.25) is 4.98 Å². The van der Waals surface area contributed by atoms with Crippen molar-refractivity contribution in [1.29, 1.82) is 0 Å². The van der Waals surface area contributed by atoms with Gasteiger partial charge in [0.1, 0.15) is 11.5 Å². The minimum absolute atomic E-state index is 0.122. The van der Waals surface area contributed by atoms with E-state index in [9.17, 15) is 0 Å². The number of para-hydroxylation sites is 1. The van der Waals surface area contributed by atoms with Gasteiger partial charge in [-0.15, -0.1) is 0 Å². The van der Waals surface area contributed by atoms with Gasteiger partial charge in [0.05, 0.1) is 17.8 Å². The summed E-state index contributed by atoms with van der Waals surface area (Å²) in [4.78, 5) is 6.90. The molecule has 1 fully saturated rings. The minimum Gasteiger partial charge on any atom is -0.457 e. The van der Waals surface area contributed by atoms with E-state index in [4.69, 9.17) is 33.5 Å².